The maximum atomic E-state index is 12.1. The fourth-order valence-electron chi connectivity index (χ4n) is 8.80. The number of fused-ring (bicyclic) bond motifs is 5. The summed E-state index contributed by atoms with van der Waals surface area (Å²) in [4.78, 5) is 34.9. The van der Waals surface area contributed by atoms with E-state index in [2.05, 4.69) is 13.8 Å². The third kappa shape index (κ3) is 4.16. The van der Waals surface area contributed by atoms with Crippen molar-refractivity contribution in [1.82, 2.24) is 0 Å². The second kappa shape index (κ2) is 9.11. The molecule has 4 aliphatic rings. The SMILES string of the molecule is CC(=O)OC[C@H](OC(C)=O)[C@]1(O)CC[C@H]2[C@@H]3CC[C@H]4C[C@H](OC(C)=O)CC[C@]4(C)[C@H]3CC[C@@]21C. The summed E-state index contributed by atoms with van der Waals surface area (Å²) in [7, 11) is 0. The predicted octanol–water partition coefficient (Wildman–Crippen LogP) is 4.19. The molecule has 4 aliphatic carbocycles. The Morgan fingerprint density at radius 1 is 0.882 bits per heavy atom. The van der Waals surface area contributed by atoms with Gasteiger partial charge in [0.1, 0.15) is 18.3 Å². The van der Waals surface area contributed by atoms with Crippen LogP contribution in [-0.4, -0.2) is 47.4 Å². The molecule has 4 fully saturated rings. The zero-order chi connectivity index (χ0) is 24.9. The van der Waals surface area contributed by atoms with Gasteiger partial charge in [0, 0.05) is 26.2 Å². The second-order valence-electron chi connectivity index (χ2n) is 12.0. The van der Waals surface area contributed by atoms with Crippen molar-refractivity contribution in [2.45, 2.75) is 110 Å². The lowest BCUT2D eigenvalue weighted by atomic mass is 9.44. The van der Waals surface area contributed by atoms with Crippen LogP contribution < -0.4 is 0 Å². The van der Waals surface area contributed by atoms with Gasteiger partial charge in [-0.3, -0.25) is 14.4 Å². The molecule has 0 amide bonds. The molecule has 7 nitrogen and oxygen atoms in total. The summed E-state index contributed by atoms with van der Waals surface area (Å²) in [5.41, 5.74) is -1.38. The fraction of sp³-hybridized carbons (Fsp3) is 0.889. The zero-order valence-electron chi connectivity index (χ0n) is 21.4. The summed E-state index contributed by atoms with van der Waals surface area (Å²) in [6.07, 6.45) is 7.74. The average molecular weight is 479 g/mol. The highest BCUT2D eigenvalue weighted by atomic mass is 16.6. The minimum atomic E-state index is -1.21. The highest BCUT2D eigenvalue weighted by molar-refractivity contribution is 5.67. The van der Waals surface area contributed by atoms with Crippen LogP contribution in [0.15, 0.2) is 0 Å². The summed E-state index contributed by atoms with van der Waals surface area (Å²) in [6, 6.07) is 0. The molecule has 0 spiro atoms. The minimum Gasteiger partial charge on any atom is -0.463 e. The van der Waals surface area contributed by atoms with Gasteiger partial charge in [-0.05, 0) is 86.9 Å². The van der Waals surface area contributed by atoms with Gasteiger partial charge in [-0.25, -0.2) is 0 Å². The smallest absolute Gasteiger partial charge is 0.303 e. The van der Waals surface area contributed by atoms with Crippen molar-refractivity contribution in [3.63, 3.8) is 0 Å². The van der Waals surface area contributed by atoms with E-state index in [1.807, 2.05) is 0 Å². The summed E-state index contributed by atoms with van der Waals surface area (Å²) >= 11 is 0. The third-order valence-corrected chi connectivity index (χ3v) is 10.4. The van der Waals surface area contributed by atoms with Crippen LogP contribution in [-0.2, 0) is 28.6 Å². The van der Waals surface area contributed by atoms with E-state index >= 15 is 0 Å². The summed E-state index contributed by atoms with van der Waals surface area (Å²) in [5, 5.41) is 12.1. The fourth-order valence-corrected chi connectivity index (χ4v) is 8.80. The first-order valence-corrected chi connectivity index (χ1v) is 13.1. The standard InChI is InChI=1S/C27H42O7/c1-16(28)32-15-24(34-18(3)30)27(31)13-10-23-21-7-6-19-14-20(33-17(2)29)8-11-25(19,4)22(21)9-12-26(23,27)5/h19-24,31H,6-15H2,1-5H3/t19-,20+,21+,22-,23-,24-,25-,26-,27+/m0/s1. The van der Waals surface area contributed by atoms with Crippen LogP contribution in [0.5, 0.6) is 0 Å². The van der Waals surface area contributed by atoms with E-state index < -0.39 is 29.1 Å². The van der Waals surface area contributed by atoms with Crippen LogP contribution >= 0.6 is 0 Å². The number of esters is 3. The molecule has 0 saturated heterocycles. The Labute approximate surface area is 203 Å². The number of aliphatic hydroxyl groups is 1. The Bertz CT molecular complexity index is 826. The third-order valence-electron chi connectivity index (χ3n) is 10.4. The zero-order valence-corrected chi connectivity index (χ0v) is 21.4. The Balaban J connectivity index is 1.55. The first-order chi connectivity index (χ1) is 15.9. The molecule has 9 atom stereocenters. The molecule has 1 N–H and O–H groups in total. The van der Waals surface area contributed by atoms with Crippen LogP contribution in [0, 0.1) is 34.5 Å². The number of hydrogen-bond acceptors (Lipinski definition) is 7. The summed E-state index contributed by atoms with van der Waals surface area (Å²) in [6.45, 7) is 8.66. The average Bonchev–Trinajstić information content (AvgIpc) is 3.02. The lowest BCUT2D eigenvalue weighted by Crippen LogP contribution is -2.61. The van der Waals surface area contributed by atoms with Crippen molar-refractivity contribution < 1.29 is 33.7 Å². The highest BCUT2D eigenvalue weighted by Crippen LogP contribution is 2.69. The van der Waals surface area contributed by atoms with E-state index in [0.717, 1.165) is 51.4 Å². The van der Waals surface area contributed by atoms with Gasteiger partial charge in [-0.2, -0.15) is 0 Å². The van der Waals surface area contributed by atoms with Gasteiger partial charge in [0.2, 0.25) is 0 Å². The van der Waals surface area contributed by atoms with Crippen molar-refractivity contribution in [3.05, 3.63) is 0 Å². The molecule has 0 aliphatic heterocycles. The monoisotopic (exact) mass is 478 g/mol. The first-order valence-electron chi connectivity index (χ1n) is 13.1. The molecule has 0 aromatic carbocycles. The van der Waals surface area contributed by atoms with Crippen molar-refractivity contribution in [2.75, 3.05) is 6.61 Å². The largest absolute Gasteiger partial charge is 0.463 e. The molecule has 0 heterocycles. The lowest BCUT2D eigenvalue weighted by Gasteiger charge is -2.62. The first kappa shape index (κ1) is 25.5. The molecule has 0 radical (unpaired) electrons. The van der Waals surface area contributed by atoms with Crippen LogP contribution in [0.2, 0.25) is 0 Å². The Morgan fingerprint density at radius 3 is 2.24 bits per heavy atom. The molecule has 0 unspecified atom stereocenters. The second-order valence-corrected chi connectivity index (χ2v) is 12.0. The van der Waals surface area contributed by atoms with E-state index in [1.165, 1.54) is 20.8 Å². The van der Waals surface area contributed by atoms with E-state index in [-0.39, 0.29) is 24.1 Å². The molecule has 0 aromatic rings. The van der Waals surface area contributed by atoms with Crippen LogP contribution in [0.3, 0.4) is 0 Å². The van der Waals surface area contributed by atoms with Gasteiger partial charge in [-0.15, -0.1) is 0 Å². The van der Waals surface area contributed by atoms with E-state index in [4.69, 9.17) is 14.2 Å². The Kier molecular flexibility index (Phi) is 6.82. The number of ether oxygens (including phenoxy) is 3. The van der Waals surface area contributed by atoms with Crippen LogP contribution in [0.25, 0.3) is 0 Å². The topological polar surface area (TPSA) is 99.1 Å². The van der Waals surface area contributed by atoms with Crippen LogP contribution in [0.1, 0.15) is 92.4 Å². The van der Waals surface area contributed by atoms with Crippen molar-refractivity contribution in [3.8, 4) is 0 Å². The molecule has 0 aromatic heterocycles. The van der Waals surface area contributed by atoms with Crippen molar-refractivity contribution in [1.29, 1.82) is 0 Å². The highest BCUT2D eigenvalue weighted by Gasteiger charge is 2.67. The molecule has 4 saturated carbocycles. The van der Waals surface area contributed by atoms with Crippen molar-refractivity contribution >= 4 is 17.9 Å². The van der Waals surface area contributed by atoms with Gasteiger partial charge < -0.3 is 19.3 Å². The normalized spacial score (nSPS) is 44.1. The molecule has 192 valence electrons. The van der Waals surface area contributed by atoms with Gasteiger partial charge in [-0.1, -0.05) is 13.8 Å². The minimum absolute atomic E-state index is 0.0447. The molecular formula is C27H42O7. The van der Waals surface area contributed by atoms with E-state index in [1.54, 1.807) is 0 Å². The predicted molar refractivity (Wildman–Crippen MR) is 124 cm³/mol. The quantitative estimate of drug-likeness (QED) is 0.467. The molecule has 4 rings (SSSR count). The van der Waals surface area contributed by atoms with Gasteiger partial charge in [0.05, 0.1) is 0 Å². The maximum Gasteiger partial charge on any atom is 0.303 e. The number of carbonyl (C=O) groups is 3. The Morgan fingerprint density at radius 2 is 1.59 bits per heavy atom. The maximum absolute atomic E-state index is 12.1. The van der Waals surface area contributed by atoms with E-state index in [9.17, 15) is 19.5 Å². The van der Waals surface area contributed by atoms with Crippen LogP contribution in [0.4, 0.5) is 0 Å². The molecule has 0 bridgehead atoms. The number of hydrogen-bond donors (Lipinski definition) is 1. The summed E-state index contributed by atoms with van der Waals surface area (Å²) in [5.74, 6) is 0.919. The van der Waals surface area contributed by atoms with Gasteiger partial charge in [0.15, 0.2) is 6.10 Å². The molecule has 34 heavy (non-hydrogen) atoms. The summed E-state index contributed by atoms with van der Waals surface area (Å²) < 4.78 is 16.4. The van der Waals surface area contributed by atoms with E-state index in [0.29, 0.717) is 30.1 Å². The van der Waals surface area contributed by atoms with Gasteiger partial charge in [0.25, 0.3) is 0 Å². The Hall–Kier alpha value is -1.63. The van der Waals surface area contributed by atoms with Gasteiger partial charge >= 0.3 is 17.9 Å². The number of rotatable bonds is 5. The van der Waals surface area contributed by atoms with Crippen molar-refractivity contribution in [2.24, 2.45) is 34.5 Å². The lowest BCUT2D eigenvalue weighted by molar-refractivity contribution is -0.213. The molecular weight excluding hydrogens is 436 g/mol. The number of carbonyl (C=O) groups excluding carboxylic acids is 3. The molecule has 7 heteroatoms.